The molecule has 6 rings (SSSR count). The van der Waals surface area contributed by atoms with Crippen LogP contribution in [0.3, 0.4) is 0 Å². The van der Waals surface area contributed by atoms with Crippen molar-refractivity contribution in [3.8, 4) is 0 Å². The van der Waals surface area contributed by atoms with Gasteiger partial charge in [-0.05, 0) is 64.2 Å². The summed E-state index contributed by atoms with van der Waals surface area (Å²) in [7, 11) is 0. The smallest absolute Gasteiger partial charge is 0.253 e. The second kappa shape index (κ2) is 10.4. The van der Waals surface area contributed by atoms with Crippen molar-refractivity contribution in [2.45, 2.75) is 57.8 Å². The van der Waals surface area contributed by atoms with Crippen LogP contribution in [-0.4, -0.2) is 30.1 Å². The van der Waals surface area contributed by atoms with Crippen molar-refractivity contribution in [2.24, 2.45) is 0 Å². The molecule has 1 atom stereocenters. The number of nitrogens with one attached hydrogen (secondary N) is 1. The molecule has 0 amide bonds. The normalized spacial score (nSPS) is 15.1. The first kappa shape index (κ1) is 23.8. The number of tetrazole rings is 1. The van der Waals surface area contributed by atoms with Crippen molar-refractivity contribution in [3.63, 3.8) is 0 Å². The van der Waals surface area contributed by atoms with E-state index in [4.69, 9.17) is 0 Å². The van der Waals surface area contributed by atoms with Gasteiger partial charge in [0.2, 0.25) is 0 Å². The molecule has 1 aliphatic rings. The molecule has 0 unspecified atom stereocenters. The molecular weight excluding hydrogens is 480 g/mol. The fraction of sp³-hybridized carbons (Fsp3) is 0.310. The Hall–Kier alpha value is -3.62. The van der Waals surface area contributed by atoms with Crippen LogP contribution in [0.15, 0.2) is 76.9 Å². The first-order valence-corrected chi connectivity index (χ1v) is 13.8. The first-order chi connectivity index (χ1) is 18.2. The largest absolute Gasteiger partial charge is 0.321 e. The Labute approximate surface area is 219 Å². The summed E-state index contributed by atoms with van der Waals surface area (Å²) in [5.74, 6) is 0.733. The average molecular weight is 511 g/mol. The molecule has 1 fully saturated rings. The monoisotopic (exact) mass is 510 g/mol. The number of hydrogen-bond acceptors (Lipinski definition) is 6. The number of pyridine rings is 1. The Kier molecular flexibility index (Phi) is 6.68. The van der Waals surface area contributed by atoms with Gasteiger partial charge in [-0.2, -0.15) is 0 Å². The molecule has 37 heavy (non-hydrogen) atoms. The van der Waals surface area contributed by atoms with Gasteiger partial charge >= 0.3 is 0 Å². The van der Waals surface area contributed by atoms with Gasteiger partial charge in [-0.25, -0.2) is 4.68 Å². The van der Waals surface area contributed by atoms with Gasteiger partial charge < -0.3 is 4.98 Å². The zero-order valence-electron chi connectivity index (χ0n) is 20.9. The Bertz CT molecular complexity index is 1540. The second-order valence-electron chi connectivity index (χ2n) is 9.89. The third kappa shape index (κ3) is 4.86. The van der Waals surface area contributed by atoms with Crippen LogP contribution in [0.2, 0.25) is 0 Å². The maximum atomic E-state index is 13.8. The molecule has 1 N–H and O–H groups in total. The van der Waals surface area contributed by atoms with Gasteiger partial charge in [0.1, 0.15) is 6.04 Å². The molecule has 5 aromatic rings. The van der Waals surface area contributed by atoms with Gasteiger partial charge in [-0.15, -0.1) is 16.4 Å². The number of nitrogens with zero attached hydrogens (tertiary/aromatic N) is 5. The Balaban J connectivity index is 1.54. The minimum Gasteiger partial charge on any atom is -0.321 e. The SMILES string of the molecule is Cc1cccc2cc([C@H](c3nnnn3C3CCCC3)N(Cc3ccccc3)Cc3cccs3)c(=O)[nH]c12. The van der Waals surface area contributed by atoms with E-state index in [-0.39, 0.29) is 11.6 Å². The average Bonchev–Trinajstić information content (AvgIpc) is 3.69. The quantitative estimate of drug-likeness (QED) is 0.286. The van der Waals surface area contributed by atoms with Crippen LogP contribution < -0.4 is 5.56 Å². The predicted molar refractivity (Wildman–Crippen MR) is 146 cm³/mol. The maximum absolute atomic E-state index is 13.8. The third-order valence-electron chi connectivity index (χ3n) is 7.38. The van der Waals surface area contributed by atoms with Crippen LogP contribution in [-0.2, 0) is 13.1 Å². The fourth-order valence-electron chi connectivity index (χ4n) is 5.55. The number of aromatic nitrogens is 5. The predicted octanol–water partition coefficient (Wildman–Crippen LogP) is 5.79. The van der Waals surface area contributed by atoms with Crippen molar-refractivity contribution in [1.82, 2.24) is 30.1 Å². The molecule has 0 aliphatic heterocycles. The van der Waals surface area contributed by atoms with Gasteiger partial charge in [-0.3, -0.25) is 9.69 Å². The lowest BCUT2D eigenvalue weighted by Gasteiger charge is -2.31. The third-order valence-corrected chi connectivity index (χ3v) is 8.24. The van der Waals surface area contributed by atoms with E-state index in [1.807, 2.05) is 35.9 Å². The summed E-state index contributed by atoms with van der Waals surface area (Å²) in [6.45, 7) is 3.36. The van der Waals surface area contributed by atoms with E-state index in [1.165, 1.54) is 23.3 Å². The fourth-order valence-corrected chi connectivity index (χ4v) is 6.28. The van der Waals surface area contributed by atoms with E-state index in [2.05, 4.69) is 73.3 Å². The molecule has 1 saturated carbocycles. The topological polar surface area (TPSA) is 79.7 Å². The summed E-state index contributed by atoms with van der Waals surface area (Å²) in [5, 5.41) is 16.3. The maximum Gasteiger partial charge on any atom is 0.253 e. The van der Waals surface area contributed by atoms with Gasteiger partial charge in [0.15, 0.2) is 5.82 Å². The van der Waals surface area contributed by atoms with Gasteiger partial charge in [0, 0.05) is 23.5 Å². The van der Waals surface area contributed by atoms with Crippen LogP contribution in [0.1, 0.15) is 65.2 Å². The summed E-state index contributed by atoms with van der Waals surface area (Å²) in [6, 6.07) is 22.6. The van der Waals surface area contributed by atoms with Gasteiger partial charge in [0.05, 0.1) is 11.6 Å². The van der Waals surface area contributed by atoms with Crippen LogP contribution in [0.4, 0.5) is 0 Å². The number of thiophene rings is 1. The number of aryl methyl sites for hydroxylation is 1. The van der Waals surface area contributed by atoms with Gasteiger partial charge in [0.25, 0.3) is 5.56 Å². The molecule has 1 aliphatic carbocycles. The standard InChI is InChI=1S/C29H30N6OS/c1-20-9-7-12-22-17-25(29(36)30-26(20)22)27(28-31-32-33-35(28)23-13-5-6-14-23)34(19-24-15-8-16-37-24)18-21-10-3-2-4-11-21/h2-4,7-12,15-17,23,27H,5-6,13-14,18-19H2,1H3,(H,30,36)/t27-/m1/s1. The van der Waals surface area contributed by atoms with Crippen LogP contribution in [0.25, 0.3) is 10.9 Å². The second-order valence-corrected chi connectivity index (χ2v) is 10.9. The molecule has 0 saturated heterocycles. The molecule has 8 heteroatoms. The van der Waals surface area contributed by atoms with E-state index in [1.54, 1.807) is 11.3 Å². The highest BCUT2D eigenvalue weighted by Crippen LogP contribution is 2.35. The summed E-state index contributed by atoms with van der Waals surface area (Å²) in [6.07, 6.45) is 4.46. The number of benzene rings is 2. The molecular formula is C29H30N6OS. The first-order valence-electron chi connectivity index (χ1n) is 12.9. The lowest BCUT2D eigenvalue weighted by atomic mass is 10.0. The van der Waals surface area contributed by atoms with Crippen LogP contribution in [0, 0.1) is 6.92 Å². The molecule has 7 nitrogen and oxygen atoms in total. The lowest BCUT2D eigenvalue weighted by Crippen LogP contribution is -2.35. The molecule has 0 bridgehead atoms. The summed E-state index contributed by atoms with van der Waals surface area (Å²) in [5.41, 5.74) is 3.67. The molecule has 0 spiro atoms. The van der Waals surface area contributed by atoms with Crippen molar-refractivity contribution in [1.29, 1.82) is 0 Å². The van der Waals surface area contributed by atoms with Crippen LogP contribution in [0.5, 0.6) is 0 Å². The number of rotatable bonds is 8. The highest BCUT2D eigenvalue weighted by Gasteiger charge is 2.33. The molecule has 0 radical (unpaired) electrons. The van der Waals surface area contributed by atoms with E-state index in [9.17, 15) is 4.79 Å². The van der Waals surface area contributed by atoms with Crippen molar-refractivity contribution < 1.29 is 0 Å². The van der Waals surface area contributed by atoms with Crippen molar-refractivity contribution in [3.05, 3.63) is 110 Å². The van der Waals surface area contributed by atoms with E-state index < -0.39 is 6.04 Å². The Morgan fingerprint density at radius 2 is 1.89 bits per heavy atom. The zero-order chi connectivity index (χ0) is 25.2. The minimum absolute atomic E-state index is 0.1000. The van der Waals surface area contributed by atoms with E-state index >= 15 is 0 Å². The van der Waals surface area contributed by atoms with Crippen molar-refractivity contribution >= 4 is 22.2 Å². The Morgan fingerprint density at radius 1 is 1.05 bits per heavy atom. The number of H-pyrrole nitrogens is 1. The number of aromatic amines is 1. The van der Waals surface area contributed by atoms with E-state index in [0.717, 1.165) is 35.1 Å². The molecule has 2 aromatic carbocycles. The summed E-state index contributed by atoms with van der Waals surface area (Å²) >= 11 is 1.72. The molecule has 3 heterocycles. The lowest BCUT2D eigenvalue weighted by molar-refractivity contribution is 0.192. The van der Waals surface area contributed by atoms with Crippen LogP contribution >= 0.6 is 11.3 Å². The highest BCUT2D eigenvalue weighted by molar-refractivity contribution is 7.09. The number of fused-ring (bicyclic) bond motifs is 1. The summed E-state index contributed by atoms with van der Waals surface area (Å²) in [4.78, 5) is 20.5. The van der Waals surface area contributed by atoms with Crippen molar-refractivity contribution in [2.75, 3.05) is 0 Å². The molecule has 188 valence electrons. The van der Waals surface area contributed by atoms with E-state index in [0.29, 0.717) is 18.7 Å². The zero-order valence-corrected chi connectivity index (χ0v) is 21.7. The number of para-hydroxylation sites is 1. The molecule has 3 aromatic heterocycles. The van der Waals surface area contributed by atoms with Gasteiger partial charge in [-0.1, -0.05) is 67.4 Å². The highest BCUT2D eigenvalue weighted by atomic mass is 32.1. The summed E-state index contributed by atoms with van der Waals surface area (Å²) < 4.78 is 1.99. The Morgan fingerprint density at radius 3 is 2.68 bits per heavy atom. The minimum atomic E-state index is -0.411. The number of hydrogen-bond donors (Lipinski definition) is 1.